The molecule has 6 heteroatoms. The molecule has 3 rings (SSSR count). The monoisotopic (exact) mass is 209 g/mol. The summed E-state index contributed by atoms with van der Waals surface area (Å²) in [4.78, 5) is 2.28. The Kier molecular flexibility index (Phi) is 1.92. The summed E-state index contributed by atoms with van der Waals surface area (Å²) in [5.41, 5.74) is 0. The quantitative estimate of drug-likeness (QED) is 0.688. The van der Waals surface area contributed by atoms with E-state index in [1.54, 1.807) is 4.68 Å². The number of hydrogen-bond acceptors (Lipinski definition) is 5. The Morgan fingerprint density at radius 3 is 2.47 bits per heavy atom. The molecule has 82 valence electrons. The lowest BCUT2D eigenvalue weighted by Gasteiger charge is -2.36. The molecule has 6 nitrogen and oxygen atoms in total. The molecular weight excluding hydrogens is 194 g/mol. The molecule has 0 aromatic carbocycles. The van der Waals surface area contributed by atoms with Crippen LogP contribution in [-0.2, 0) is 7.05 Å². The molecule has 15 heavy (non-hydrogen) atoms. The van der Waals surface area contributed by atoms with E-state index >= 15 is 0 Å². The van der Waals surface area contributed by atoms with Gasteiger partial charge in [-0.25, -0.2) is 4.68 Å². The fourth-order valence-electron chi connectivity index (χ4n) is 2.92. The summed E-state index contributed by atoms with van der Waals surface area (Å²) in [6, 6.07) is 0.840. The third-order valence-corrected chi connectivity index (χ3v) is 3.54. The van der Waals surface area contributed by atoms with Crippen LogP contribution in [-0.4, -0.2) is 43.5 Å². The molecule has 1 N–H and O–H groups in total. The lowest BCUT2D eigenvalue weighted by molar-refractivity contribution is 0.125. The second-order valence-electron chi connectivity index (χ2n) is 4.52. The molecule has 0 radical (unpaired) electrons. The van der Waals surface area contributed by atoms with Crippen molar-refractivity contribution in [2.45, 2.75) is 43.9 Å². The fourth-order valence-corrected chi connectivity index (χ4v) is 2.92. The average Bonchev–Trinajstić information content (AvgIpc) is 2.69. The van der Waals surface area contributed by atoms with E-state index in [0.29, 0.717) is 12.1 Å². The molecule has 1 aromatic heterocycles. The van der Waals surface area contributed by atoms with Gasteiger partial charge >= 0.3 is 0 Å². The average molecular weight is 209 g/mol. The Morgan fingerprint density at radius 1 is 1.27 bits per heavy atom. The first-order chi connectivity index (χ1) is 7.25. The molecule has 2 fully saturated rings. The Hall–Kier alpha value is -1.17. The van der Waals surface area contributed by atoms with Crippen LogP contribution in [0.15, 0.2) is 0 Å². The van der Waals surface area contributed by atoms with Crippen molar-refractivity contribution in [2.75, 3.05) is 4.90 Å². The van der Waals surface area contributed by atoms with Crippen LogP contribution in [0.25, 0.3) is 0 Å². The molecule has 0 spiro atoms. The van der Waals surface area contributed by atoms with Gasteiger partial charge in [0.25, 0.3) is 0 Å². The third kappa shape index (κ3) is 1.31. The highest BCUT2D eigenvalue weighted by Gasteiger charge is 2.42. The van der Waals surface area contributed by atoms with Gasteiger partial charge in [-0.3, -0.25) is 0 Å². The highest BCUT2D eigenvalue weighted by molar-refractivity contribution is 5.36. The van der Waals surface area contributed by atoms with Crippen molar-refractivity contribution in [1.29, 1.82) is 0 Å². The van der Waals surface area contributed by atoms with Crippen LogP contribution in [0.5, 0.6) is 0 Å². The van der Waals surface area contributed by atoms with Crippen LogP contribution in [0, 0.1) is 0 Å². The van der Waals surface area contributed by atoms with Crippen molar-refractivity contribution in [3.8, 4) is 0 Å². The smallest absolute Gasteiger partial charge is 0.245 e. The molecule has 1 aromatic rings. The minimum absolute atomic E-state index is 0.139. The van der Waals surface area contributed by atoms with E-state index in [1.165, 1.54) is 0 Å². The first-order valence-electron chi connectivity index (χ1n) is 5.44. The zero-order valence-corrected chi connectivity index (χ0v) is 8.74. The van der Waals surface area contributed by atoms with Crippen molar-refractivity contribution < 1.29 is 5.11 Å². The molecule has 2 saturated heterocycles. The summed E-state index contributed by atoms with van der Waals surface area (Å²) < 4.78 is 1.71. The van der Waals surface area contributed by atoms with Gasteiger partial charge in [0.1, 0.15) is 0 Å². The van der Waals surface area contributed by atoms with Crippen molar-refractivity contribution in [3.05, 3.63) is 0 Å². The van der Waals surface area contributed by atoms with Crippen molar-refractivity contribution in [2.24, 2.45) is 7.05 Å². The summed E-state index contributed by atoms with van der Waals surface area (Å²) in [5, 5.41) is 21.3. The molecule has 2 aliphatic rings. The van der Waals surface area contributed by atoms with Gasteiger partial charge in [-0.15, -0.1) is 0 Å². The summed E-state index contributed by atoms with van der Waals surface area (Å²) in [5.74, 6) is 0.842. The predicted molar refractivity (Wildman–Crippen MR) is 53.3 cm³/mol. The number of aryl methyl sites for hydroxylation is 1. The van der Waals surface area contributed by atoms with E-state index in [9.17, 15) is 5.11 Å². The topological polar surface area (TPSA) is 67.1 Å². The van der Waals surface area contributed by atoms with Gasteiger partial charge in [0.2, 0.25) is 5.95 Å². The minimum Gasteiger partial charge on any atom is -0.393 e. The largest absolute Gasteiger partial charge is 0.393 e. The number of piperidine rings is 1. The maximum absolute atomic E-state index is 9.69. The number of fused-ring (bicyclic) bond motifs is 2. The highest BCUT2D eigenvalue weighted by atomic mass is 16.3. The fraction of sp³-hybridized carbons (Fsp3) is 0.889. The number of aliphatic hydroxyl groups is 1. The van der Waals surface area contributed by atoms with Crippen LogP contribution in [0.1, 0.15) is 25.7 Å². The Bertz CT molecular complexity index is 351. The molecule has 0 saturated carbocycles. The molecule has 2 unspecified atom stereocenters. The predicted octanol–water partition coefficient (Wildman–Crippen LogP) is -0.298. The van der Waals surface area contributed by atoms with E-state index in [-0.39, 0.29) is 6.10 Å². The van der Waals surface area contributed by atoms with Gasteiger partial charge < -0.3 is 10.0 Å². The van der Waals surface area contributed by atoms with Gasteiger partial charge in [-0.05, 0) is 36.1 Å². The maximum atomic E-state index is 9.69. The number of aromatic nitrogens is 4. The van der Waals surface area contributed by atoms with Crippen molar-refractivity contribution in [1.82, 2.24) is 20.2 Å². The number of aliphatic hydroxyl groups excluding tert-OH is 1. The summed E-state index contributed by atoms with van der Waals surface area (Å²) in [7, 11) is 1.86. The van der Waals surface area contributed by atoms with Crippen LogP contribution in [0.3, 0.4) is 0 Å². The first kappa shape index (κ1) is 9.08. The van der Waals surface area contributed by atoms with E-state index in [0.717, 1.165) is 31.6 Å². The van der Waals surface area contributed by atoms with Gasteiger partial charge in [-0.1, -0.05) is 5.10 Å². The lowest BCUT2D eigenvalue weighted by atomic mass is 10.0. The lowest BCUT2D eigenvalue weighted by Crippen LogP contribution is -2.46. The molecule has 2 atom stereocenters. The number of anilines is 1. The number of tetrazole rings is 1. The van der Waals surface area contributed by atoms with Crippen LogP contribution in [0.2, 0.25) is 0 Å². The molecule has 2 aliphatic heterocycles. The molecule has 0 aliphatic carbocycles. The van der Waals surface area contributed by atoms with Gasteiger partial charge in [0.05, 0.1) is 6.10 Å². The summed E-state index contributed by atoms with van der Waals surface area (Å²) >= 11 is 0. The third-order valence-electron chi connectivity index (χ3n) is 3.54. The molecule has 3 heterocycles. The highest BCUT2D eigenvalue weighted by Crippen LogP contribution is 2.37. The van der Waals surface area contributed by atoms with Gasteiger partial charge in [0.15, 0.2) is 0 Å². The van der Waals surface area contributed by atoms with Crippen LogP contribution < -0.4 is 4.90 Å². The first-order valence-corrected chi connectivity index (χ1v) is 5.44. The van der Waals surface area contributed by atoms with Crippen LogP contribution >= 0.6 is 0 Å². The second-order valence-corrected chi connectivity index (χ2v) is 4.52. The number of nitrogens with zero attached hydrogens (tertiary/aromatic N) is 5. The standard InChI is InChI=1S/C9H15N5O/c1-13-9(10-11-12-13)14-6-2-3-7(14)5-8(15)4-6/h6-8,15H,2-5H2,1H3. The number of hydrogen-bond donors (Lipinski definition) is 1. The number of rotatable bonds is 1. The molecule has 0 amide bonds. The Morgan fingerprint density at radius 2 is 1.93 bits per heavy atom. The van der Waals surface area contributed by atoms with E-state index in [4.69, 9.17) is 0 Å². The van der Waals surface area contributed by atoms with Crippen molar-refractivity contribution in [3.63, 3.8) is 0 Å². The van der Waals surface area contributed by atoms with Gasteiger partial charge in [0, 0.05) is 19.1 Å². The summed E-state index contributed by atoms with van der Waals surface area (Å²) in [6.07, 6.45) is 3.86. The van der Waals surface area contributed by atoms with Crippen molar-refractivity contribution >= 4 is 5.95 Å². The molecule has 2 bridgehead atoms. The van der Waals surface area contributed by atoms with Gasteiger partial charge in [-0.2, -0.15) is 0 Å². The Balaban J connectivity index is 1.92. The molecular formula is C9H15N5O. The van der Waals surface area contributed by atoms with E-state index in [2.05, 4.69) is 20.4 Å². The normalized spacial score (nSPS) is 34.8. The zero-order valence-electron chi connectivity index (χ0n) is 8.74. The minimum atomic E-state index is -0.139. The maximum Gasteiger partial charge on any atom is 0.245 e. The second kappa shape index (κ2) is 3.16. The van der Waals surface area contributed by atoms with Crippen LogP contribution in [0.4, 0.5) is 5.95 Å². The van der Waals surface area contributed by atoms with E-state index in [1.807, 2.05) is 7.05 Å². The zero-order chi connectivity index (χ0) is 10.4. The Labute approximate surface area is 87.9 Å². The summed E-state index contributed by atoms with van der Waals surface area (Å²) in [6.45, 7) is 0. The SMILES string of the molecule is Cn1nnnc1N1C2CCC1CC(O)C2. The van der Waals surface area contributed by atoms with E-state index < -0.39 is 0 Å².